The molecule has 0 aromatic heterocycles. The van der Waals surface area contributed by atoms with E-state index in [-0.39, 0.29) is 0 Å². The Balaban J connectivity index is 1.88. The maximum Gasteiger partial charge on any atom is 0.344 e. The number of aryl methyl sites for hydroxylation is 2. The molecule has 2 aromatic rings. The first-order valence-corrected chi connectivity index (χ1v) is 7.57. The fraction of sp³-hybridized carbons (Fsp3) is 0.167. The van der Waals surface area contributed by atoms with Gasteiger partial charge in [-0.2, -0.15) is 0 Å². The Bertz CT molecular complexity index is 848. The van der Waals surface area contributed by atoms with Gasteiger partial charge in [-0.1, -0.05) is 23.8 Å². The molecule has 0 aliphatic heterocycles. The van der Waals surface area contributed by atoms with Crippen molar-refractivity contribution in [1.29, 1.82) is 0 Å². The van der Waals surface area contributed by atoms with Crippen LogP contribution in [0.5, 0.6) is 0 Å². The van der Waals surface area contributed by atoms with Gasteiger partial charge in [0.05, 0.1) is 0 Å². The number of ether oxygens (including phenoxy) is 1. The molecule has 3 amide bonds. The summed E-state index contributed by atoms with van der Waals surface area (Å²) in [7, 11) is 0. The zero-order chi connectivity index (χ0) is 19.3. The van der Waals surface area contributed by atoms with Crippen molar-refractivity contribution < 1.29 is 27.9 Å². The van der Waals surface area contributed by atoms with Gasteiger partial charge in [0.25, 0.3) is 5.91 Å². The predicted octanol–water partition coefficient (Wildman–Crippen LogP) is 3.09. The van der Waals surface area contributed by atoms with E-state index in [0.717, 1.165) is 29.3 Å². The number of hydrogen-bond acceptors (Lipinski definition) is 4. The molecule has 0 bridgehead atoms. The standard InChI is InChI=1S/C18H16F2N2O4/c1-10-6-7-14(11(2)8-10)21-18(25)22-15(23)9-26-17(24)16-12(19)4-3-5-13(16)20/h3-8H,9H2,1-2H3,(H2,21,22,23,25). The molecule has 0 spiro atoms. The SMILES string of the molecule is Cc1ccc(NC(=O)NC(=O)COC(=O)c2c(F)cccc2F)c(C)c1. The molecule has 0 heterocycles. The highest BCUT2D eigenvalue weighted by molar-refractivity contribution is 6.02. The molecular weight excluding hydrogens is 346 g/mol. The minimum Gasteiger partial charge on any atom is -0.452 e. The maximum absolute atomic E-state index is 13.4. The summed E-state index contributed by atoms with van der Waals surface area (Å²) >= 11 is 0. The summed E-state index contributed by atoms with van der Waals surface area (Å²) < 4.78 is 31.4. The van der Waals surface area contributed by atoms with E-state index >= 15 is 0 Å². The van der Waals surface area contributed by atoms with Crippen LogP contribution in [0.3, 0.4) is 0 Å². The Kier molecular flexibility index (Phi) is 6.00. The molecular formula is C18H16F2N2O4. The molecule has 0 radical (unpaired) electrons. The highest BCUT2D eigenvalue weighted by atomic mass is 19.1. The number of carbonyl (C=O) groups excluding carboxylic acids is 3. The highest BCUT2D eigenvalue weighted by Gasteiger charge is 2.20. The van der Waals surface area contributed by atoms with Crippen LogP contribution >= 0.6 is 0 Å². The lowest BCUT2D eigenvalue weighted by Crippen LogP contribution is -2.37. The smallest absolute Gasteiger partial charge is 0.344 e. The number of esters is 1. The molecule has 2 aromatic carbocycles. The summed E-state index contributed by atoms with van der Waals surface area (Å²) in [5.74, 6) is -4.51. The van der Waals surface area contributed by atoms with E-state index in [0.29, 0.717) is 5.69 Å². The summed E-state index contributed by atoms with van der Waals surface area (Å²) in [5.41, 5.74) is 1.41. The molecule has 2 rings (SSSR count). The van der Waals surface area contributed by atoms with Crippen molar-refractivity contribution >= 4 is 23.6 Å². The molecule has 8 heteroatoms. The van der Waals surface area contributed by atoms with Crippen molar-refractivity contribution in [3.8, 4) is 0 Å². The molecule has 2 N–H and O–H groups in total. The van der Waals surface area contributed by atoms with Crippen LogP contribution < -0.4 is 10.6 Å². The molecule has 0 atom stereocenters. The lowest BCUT2D eigenvalue weighted by atomic mass is 10.1. The van der Waals surface area contributed by atoms with Crippen LogP contribution in [-0.4, -0.2) is 24.5 Å². The van der Waals surface area contributed by atoms with Gasteiger partial charge in [-0.05, 0) is 37.6 Å². The lowest BCUT2D eigenvalue weighted by Gasteiger charge is -2.10. The second-order valence-corrected chi connectivity index (χ2v) is 5.49. The number of nitrogens with one attached hydrogen (secondary N) is 2. The quantitative estimate of drug-likeness (QED) is 0.819. The topological polar surface area (TPSA) is 84.5 Å². The molecule has 0 unspecified atom stereocenters. The number of urea groups is 1. The molecule has 0 saturated carbocycles. The number of anilines is 1. The van der Waals surface area contributed by atoms with E-state index in [4.69, 9.17) is 0 Å². The van der Waals surface area contributed by atoms with Gasteiger partial charge in [0.1, 0.15) is 17.2 Å². The minimum atomic E-state index is -1.34. The number of carbonyl (C=O) groups is 3. The summed E-state index contributed by atoms with van der Waals surface area (Å²) in [4.78, 5) is 35.1. The zero-order valence-electron chi connectivity index (χ0n) is 14.1. The van der Waals surface area contributed by atoms with Crippen molar-refractivity contribution in [2.75, 3.05) is 11.9 Å². The van der Waals surface area contributed by atoms with Crippen LogP contribution in [0.1, 0.15) is 21.5 Å². The Morgan fingerprint density at radius 2 is 1.69 bits per heavy atom. The number of halogens is 2. The predicted molar refractivity (Wildman–Crippen MR) is 89.7 cm³/mol. The number of imide groups is 1. The first-order chi connectivity index (χ1) is 12.3. The Labute approximate surface area is 148 Å². The summed E-state index contributed by atoms with van der Waals surface area (Å²) in [6, 6.07) is 7.35. The van der Waals surface area contributed by atoms with Crippen molar-refractivity contribution in [2.45, 2.75) is 13.8 Å². The average molecular weight is 362 g/mol. The van der Waals surface area contributed by atoms with E-state index in [1.165, 1.54) is 0 Å². The van der Waals surface area contributed by atoms with Crippen LogP contribution in [0, 0.1) is 25.5 Å². The van der Waals surface area contributed by atoms with Gasteiger partial charge in [-0.3, -0.25) is 10.1 Å². The van der Waals surface area contributed by atoms with Crippen molar-refractivity contribution in [3.05, 3.63) is 64.7 Å². The second-order valence-electron chi connectivity index (χ2n) is 5.49. The summed E-state index contributed by atoms with van der Waals surface area (Å²) in [6.45, 7) is 2.81. The first kappa shape index (κ1) is 19.0. The van der Waals surface area contributed by atoms with Crippen LogP contribution in [0.25, 0.3) is 0 Å². The van der Waals surface area contributed by atoms with Crippen LogP contribution in [0.15, 0.2) is 36.4 Å². The van der Waals surface area contributed by atoms with Crippen LogP contribution in [0.4, 0.5) is 19.3 Å². The number of benzene rings is 2. The van der Waals surface area contributed by atoms with Gasteiger partial charge in [0, 0.05) is 5.69 Å². The van der Waals surface area contributed by atoms with Gasteiger partial charge in [-0.25, -0.2) is 18.4 Å². The zero-order valence-corrected chi connectivity index (χ0v) is 14.1. The summed E-state index contributed by atoms with van der Waals surface area (Å²) in [5, 5.41) is 4.43. The Morgan fingerprint density at radius 3 is 2.31 bits per heavy atom. The molecule has 0 aliphatic carbocycles. The van der Waals surface area contributed by atoms with Gasteiger partial charge in [0.2, 0.25) is 0 Å². The lowest BCUT2D eigenvalue weighted by molar-refractivity contribution is -0.123. The highest BCUT2D eigenvalue weighted by Crippen LogP contribution is 2.16. The van der Waals surface area contributed by atoms with Gasteiger partial charge < -0.3 is 10.1 Å². The Morgan fingerprint density at radius 1 is 1.04 bits per heavy atom. The van der Waals surface area contributed by atoms with Crippen LogP contribution in [0.2, 0.25) is 0 Å². The third-order valence-corrected chi connectivity index (χ3v) is 3.38. The largest absolute Gasteiger partial charge is 0.452 e. The Hall–Kier alpha value is -3.29. The minimum absolute atomic E-state index is 0.506. The summed E-state index contributed by atoms with van der Waals surface area (Å²) in [6.07, 6.45) is 0. The van der Waals surface area contributed by atoms with E-state index in [2.05, 4.69) is 10.1 Å². The van der Waals surface area contributed by atoms with Crippen LogP contribution in [-0.2, 0) is 9.53 Å². The van der Waals surface area contributed by atoms with E-state index in [9.17, 15) is 23.2 Å². The van der Waals surface area contributed by atoms with Crippen molar-refractivity contribution in [3.63, 3.8) is 0 Å². The molecule has 0 aliphatic rings. The van der Waals surface area contributed by atoms with E-state index in [1.54, 1.807) is 19.1 Å². The van der Waals surface area contributed by atoms with E-state index < -0.39 is 41.7 Å². The molecule has 0 saturated heterocycles. The van der Waals surface area contributed by atoms with Gasteiger partial charge in [-0.15, -0.1) is 0 Å². The fourth-order valence-electron chi connectivity index (χ4n) is 2.17. The monoisotopic (exact) mass is 362 g/mol. The van der Waals surface area contributed by atoms with Crippen molar-refractivity contribution in [1.82, 2.24) is 5.32 Å². The molecule has 6 nitrogen and oxygen atoms in total. The molecule has 26 heavy (non-hydrogen) atoms. The average Bonchev–Trinajstić information content (AvgIpc) is 2.55. The molecule has 0 fully saturated rings. The van der Waals surface area contributed by atoms with E-state index in [1.807, 2.05) is 18.3 Å². The maximum atomic E-state index is 13.4. The second kappa shape index (κ2) is 8.19. The fourth-order valence-corrected chi connectivity index (χ4v) is 2.17. The molecule has 136 valence electrons. The van der Waals surface area contributed by atoms with Gasteiger partial charge >= 0.3 is 12.0 Å². The number of rotatable bonds is 4. The third-order valence-electron chi connectivity index (χ3n) is 3.38. The number of amides is 3. The third kappa shape index (κ3) is 4.85. The first-order valence-electron chi connectivity index (χ1n) is 7.57. The normalized spacial score (nSPS) is 10.2. The number of hydrogen-bond donors (Lipinski definition) is 2. The van der Waals surface area contributed by atoms with Gasteiger partial charge in [0.15, 0.2) is 6.61 Å². The van der Waals surface area contributed by atoms with Crippen molar-refractivity contribution in [2.24, 2.45) is 0 Å².